The summed E-state index contributed by atoms with van der Waals surface area (Å²) >= 11 is 3.62. The number of ether oxygens (including phenoxy) is 1. The maximum absolute atomic E-state index is 5.84. The third-order valence-corrected chi connectivity index (χ3v) is 4.38. The number of rotatable bonds is 3. The van der Waals surface area contributed by atoms with Crippen LogP contribution in [-0.4, -0.2) is 12.6 Å². The van der Waals surface area contributed by atoms with E-state index in [4.69, 9.17) is 4.74 Å². The molecule has 17 heavy (non-hydrogen) atoms. The smallest absolute Gasteiger partial charge is 0.133 e. The Kier molecular flexibility index (Phi) is 2.91. The van der Waals surface area contributed by atoms with E-state index >= 15 is 0 Å². The second-order valence-corrected chi connectivity index (χ2v) is 6.18. The Balaban J connectivity index is 1.84. The van der Waals surface area contributed by atoms with Crippen molar-refractivity contribution in [1.29, 1.82) is 0 Å². The van der Waals surface area contributed by atoms with E-state index in [0.717, 1.165) is 16.8 Å². The summed E-state index contributed by atoms with van der Waals surface area (Å²) in [6.45, 7) is 3.40. The van der Waals surface area contributed by atoms with Gasteiger partial charge in [0.05, 0.1) is 10.6 Å². The standard InChI is InChI=1S/C14H18BrNO/c1-14(7-2-8-16-14)10-3-6-13(12(15)9-10)17-11-4-5-11/h3,6,9,11,16H,2,4-5,7-8H2,1H3. The van der Waals surface area contributed by atoms with Crippen molar-refractivity contribution in [3.63, 3.8) is 0 Å². The van der Waals surface area contributed by atoms with Crippen LogP contribution in [0.3, 0.4) is 0 Å². The summed E-state index contributed by atoms with van der Waals surface area (Å²) in [7, 11) is 0. The van der Waals surface area contributed by atoms with Crippen molar-refractivity contribution in [3.8, 4) is 5.75 Å². The lowest BCUT2D eigenvalue weighted by atomic mass is 9.91. The Morgan fingerprint density at radius 1 is 1.41 bits per heavy atom. The summed E-state index contributed by atoms with van der Waals surface area (Å²) in [6.07, 6.45) is 5.33. The lowest BCUT2D eigenvalue weighted by Crippen LogP contribution is -2.33. The molecule has 0 amide bonds. The van der Waals surface area contributed by atoms with Crippen LogP contribution < -0.4 is 10.1 Å². The van der Waals surface area contributed by atoms with Crippen LogP contribution in [0.15, 0.2) is 22.7 Å². The molecule has 0 radical (unpaired) electrons. The van der Waals surface area contributed by atoms with Crippen molar-refractivity contribution in [3.05, 3.63) is 28.2 Å². The summed E-state index contributed by atoms with van der Waals surface area (Å²) in [4.78, 5) is 0. The highest BCUT2D eigenvalue weighted by atomic mass is 79.9. The number of benzene rings is 1. The first-order valence-corrected chi connectivity index (χ1v) is 7.18. The quantitative estimate of drug-likeness (QED) is 0.920. The van der Waals surface area contributed by atoms with Gasteiger partial charge in [-0.25, -0.2) is 0 Å². The Hall–Kier alpha value is -0.540. The second-order valence-electron chi connectivity index (χ2n) is 5.32. The van der Waals surface area contributed by atoms with Crippen LogP contribution in [0, 0.1) is 0 Å². The molecule has 2 fully saturated rings. The summed E-state index contributed by atoms with van der Waals surface area (Å²) in [5, 5.41) is 3.59. The Labute approximate surface area is 111 Å². The summed E-state index contributed by atoms with van der Waals surface area (Å²) in [5.74, 6) is 0.984. The predicted molar refractivity (Wildman–Crippen MR) is 72.4 cm³/mol. The fourth-order valence-electron chi connectivity index (χ4n) is 2.45. The molecule has 0 bridgehead atoms. The van der Waals surface area contributed by atoms with E-state index in [9.17, 15) is 0 Å². The van der Waals surface area contributed by atoms with Gasteiger partial charge in [-0.15, -0.1) is 0 Å². The van der Waals surface area contributed by atoms with Crippen LogP contribution >= 0.6 is 15.9 Å². The monoisotopic (exact) mass is 295 g/mol. The molecule has 1 heterocycles. The lowest BCUT2D eigenvalue weighted by molar-refractivity contribution is 0.301. The van der Waals surface area contributed by atoms with Crippen LogP contribution in [0.2, 0.25) is 0 Å². The molecule has 1 aromatic rings. The highest BCUT2D eigenvalue weighted by Crippen LogP contribution is 2.37. The average molecular weight is 296 g/mol. The van der Waals surface area contributed by atoms with Crippen molar-refractivity contribution in [2.75, 3.05) is 6.54 Å². The van der Waals surface area contributed by atoms with Crippen LogP contribution in [-0.2, 0) is 5.54 Å². The molecule has 2 nitrogen and oxygen atoms in total. The Morgan fingerprint density at radius 2 is 2.24 bits per heavy atom. The minimum Gasteiger partial charge on any atom is -0.489 e. The third kappa shape index (κ3) is 2.36. The van der Waals surface area contributed by atoms with Gasteiger partial charge in [0.2, 0.25) is 0 Å². The average Bonchev–Trinajstić information content (AvgIpc) is 3.02. The minimum atomic E-state index is 0.140. The predicted octanol–water partition coefficient (Wildman–Crippen LogP) is 3.59. The van der Waals surface area contributed by atoms with E-state index in [1.54, 1.807) is 0 Å². The minimum absolute atomic E-state index is 0.140. The molecule has 1 atom stereocenters. The van der Waals surface area contributed by atoms with Gasteiger partial charge in [0.1, 0.15) is 5.75 Å². The second kappa shape index (κ2) is 4.29. The molecule has 1 aromatic carbocycles. The molecule has 0 spiro atoms. The highest BCUT2D eigenvalue weighted by Gasteiger charge is 2.31. The normalized spacial score (nSPS) is 28.4. The van der Waals surface area contributed by atoms with E-state index in [0.29, 0.717) is 6.10 Å². The van der Waals surface area contributed by atoms with Crippen LogP contribution in [0.4, 0.5) is 0 Å². The first-order chi connectivity index (χ1) is 8.17. The van der Waals surface area contributed by atoms with Crippen molar-refractivity contribution in [2.45, 2.75) is 44.2 Å². The molecule has 1 saturated heterocycles. The third-order valence-electron chi connectivity index (χ3n) is 3.76. The molecule has 1 aliphatic heterocycles. The largest absolute Gasteiger partial charge is 0.489 e. The molecule has 1 saturated carbocycles. The zero-order valence-electron chi connectivity index (χ0n) is 10.1. The van der Waals surface area contributed by atoms with Gasteiger partial charge >= 0.3 is 0 Å². The van der Waals surface area contributed by atoms with E-state index in [1.165, 1.54) is 31.2 Å². The topological polar surface area (TPSA) is 21.3 Å². The molecule has 92 valence electrons. The fraction of sp³-hybridized carbons (Fsp3) is 0.571. The first kappa shape index (κ1) is 11.5. The summed E-state index contributed by atoms with van der Waals surface area (Å²) < 4.78 is 6.92. The highest BCUT2D eigenvalue weighted by molar-refractivity contribution is 9.10. The molecular formula is C14H18BrNO. The maximum atomic E-state index is 5.84. The van der Waals surface area contributed by atoms with E-state index in [-0.39, 0.29) is 5.54 Å². The van der Waals surface area contributed by atoms with Gasteiger partial charge in [0, 0.05) is 5.54 Å². The van der Waals surface area contributed by atoms with Gasteiger partial charge < -0.3 is 10.1 Å². The molecule has 1 unspecified atom stereocenters. The SMILES string of the molecule is CC1(c2ccc(OC3CC3)c(Br)c2)CCCN1. The van der Waals surface area contributed by atoms with Crippen LogP contribution in [0.5, 0.6) is 5.75 Å². The maximum Gasteiger partial charge on any atom is 0.133 e. The van der Waals surface area contributed by atoms with Gasteiger partial charge in [0.15, 0.2) is 0 Å². The van der Waals surface area contributed by atoms with Crippen LogP contribution in [0.25, 0.3) is 0 Å². The fourth-order valence-corrected chi connectivity index (χ4v) is 2.92. The molecular weight excluding hydrogens is 278 g/mol. The molecule has 3 rings (SSSR count). The molecule has 2 aliphatic rings. The summed E-state index contributed by atoms with van der Waals surface area (Å²) in [5.41, 5.74) is 1.49. The summed E-state index contributed by atoms with van der Waals surface area (Å²) in [6, 6.07) is 6.50. The number of halogens is 1. The first-order valence-electron chi connectivity index (χ1n) is 6.39. The molecule has 3 heteroatoms. The van der Waals surface area contributed by atoms with Crippen molar-refractivity contribution < 1.29 is 4.74 Å². The van der Waals surface area contributed by atoms with Crippen molar-refractivity contribution in [1.82, 2.24) is 5.32 Å². The van der Waals surface area contributed by atoms with Crippen molar-refractivity contribution in [2.24, 2.45) is 0 Å². The van der Waals surface area contributed by atoms with Gasteiger partial charge in [-0.2, -0.15) is 0 Å². The van der Waals surface area contributed by atoms with E-state index < -0.39 is 0 Å². The zero-order chi connectivity index (χ0) is 11.9. The van der Waals surface area contributed by atoms with Crippen LogP contribution in [0.1, 0.15) is 38.2 Å². The number of hydrogen-bond donors (Lipinski definition) is 1. The number of hydrogen-bond acceptors (Lipinski definition) is 2. The molecule has 0 aromatic heterocycles. The van der Waals surface area contributed by atoms with E-state index in [1.807, 2.05) is 0 Å². The van der Waals surface area contributed by atoms with Gasteiger partial charge in [-0.3, -0.25) is 0 Å². The number of nitrogens with one attached hydrogen (secondary N) is 1. The molecule has 1 aliphatic carbocycles. The lowest BCUT2D eigenvalue weighted by Gasteiger charge is -2.25. The zero-order valence-corrected chi connectivity index (χ0v) is 11.7. The Bertz CT molecular complexity index is 422. The van der Waals surface area contributed by atoms with Gasteiger partial charge in [-0.1, -0.05) is 6.07 Å². The van der Waals surface area contributed by atoms with Crippen molar-refractivity contribution >= 4 is 15.9 Å². The van der Waals surface area contributed by atoms with Gasteiger partial charge in [-0.05, 0) is 72.8 Å². The molecule has 1 N–H and O–H groups in total. The Morgan fingerprint density at radius 3 is 2.82 bits per heavy atom. The van der Waals surface area contributed by atoms with Gasteiger partial charge in [0.25, 0.3) is 0 Å². The van der Waals surface area contributed by atoms with E-state index in [2.05, 4.69) is 46.4 Å².